The predicted molar refractivity (Wildman–Crippen MR) is 165 cm³/mol. The van der Waals surface area contributed by atoms with Gasteiger partial charge >= 0.3 is 11.8 Å². The number of pyridine rings is 2. The zero-order chi connectivity index (χ0) is 31.7. The van der Waals surface area contributed by atoms with Crippen molar-refractivity contribution in [1.82, 2.24) is 24.4 Å². The number of aromatic nitrogens is 4. The molecule has 1 atom stereocenters. The van der Waals surface area contributed by atoms with Crippen LogP contribution in [0.4, 0.5) is 15.0 Å². The number of aryl methyl sites for hydroxylation is 1. The van der Waals surface area contributed by atoms with Crippen molar-refractivity contribution in [2.24, 2.45) is 0 Å². The van der Waals surface area contributed by atoms with Gasteiger partial charge in [0.2, 0.25) is 0 Å². The quantitative estimate of drug-likeness (QED) is 0.203. The average molecular weight is 625 g/mol. The molecule has 0 bridgehead atoms. The Labute approximate surface area is 258 Å². The first kappa shape index (κ1) is 31.3. The third-order valence-corrected chi connectivity index (χ3v) is 8.01. The highest BCUT2D eigenvalue weighted by Gasteiger charge is 2.31. The number of hydrogen-bond acceptors (Lipinski definition) is 8. The lowest BCUT2D eigenvalue weighted by Gasteiger charge is -2.39. The maximum absolute atomic E-state index is 16.3. The minimum absolute atomic E-state index is 0.0275. The molecule has 1 fully saturated rings. The number of methoxy groups -OCH3 is 1. The standard InChI is InChI=1S/C31H34ClFN6O5/c1-17(2)25-27(18(3)9-10-34-25)39-29-21(28(36-30(39)40)38-12-11-37(31(41)42)14-19(38)4)13-23(33)26(35-29)24-20(15-44-16-43-5)7-6-8-22(24)32/h6-10,13,17,19H,11-12,14-16H2,1-5H3,(H,41,42)/t19-/m0/s1. The Hall–Kier alpha value is -4.13. The summed E-state index contributed by atoms with van der Waals surface area (Å²) in [6.45, 7) is 8.41. The molecular formula is C31H34ClFN6O5. The second-order valence-corrected chi connectivity index (χ2v) is 11.5. The fourth-order valence-corrected chi connectivity index (χ4v) is 5.91. The Morgan fingerprint density at radius 1 is 1.23 bits per heavy atom. The van der Waals surface area contributed by atoms with Crippen molar-refractivity contribution in [3.05, 3.63) is 74.7 Å². The molecule has 1 amide bonds. The lowest BCUT2D eigenvalue weighted by molar-refractivity contribution is -0.0389. The van der Waals surface area contributed by atoms with Gasteiger partial charge in [-0.2, -0.15) is 4.98 Å². The molecule has 44 heavy (non-hydrogen) atoms. The van der Waals surface area contributed by atoms with Crippen LogP contribution < -0.4 is 10.6 Å². The van der Waals surface area contributed by atoms with Gasteiger partial charge in [0.15, 0.2) is 5.65 Å². The molecule has 11 nitrogen and oxygen atoms in total. The fraction of sp³-hybridized carbons (Fsp3) is 0.387. The van der Waals surface area contributed by atoms with Gasteiger partial charge in [-0.15, -0.1) is 0 Å². The Balaban J connectivity index is 1.82. The number of nitrogens with zero attached hydrogens (tertiary/aromatic N) is 6. The van der Waals surface area contributed by atoms with Gasteiger partial charge in [-0.1, -0.05) is 37.6 Å². The molecule has 1 aliphatic rings. The van der Waals surface area contributed by atoms with Gasteiger partial charge in [0, 0.05) is 44.5 Å². The molecular weight excluding hydrogens is 591 g/mol. The van der Waals surface area contributed by atoms with E-state index in [9.17, 15) is 14.7 Å². The van der Waals surface area contributed by atoms with Crippen LogP contribution in [-0.2, 0) is 16.1 Å². The molecule has 13 heteroatoms. The summed E-state index contributed by atoms with van der Waals surface area (Å²) in [5, 5.41) is 10.1. The Morgan fingerprint density at radius 3 is 2.68 bits per heavy atom. The van der Waals surface area contributed by atoms with E-state index in [2.05, 4.69) is 9.97 Å². The summed E-state index contributed by atoms with van der Waals surface area (Å²) in [5.74, 6) is -0.494. The average Bonchev–Trinajstić information content (AvgIpc) is 2.97. The highest BCUT2D eigenvalue weighted by Crippen LogP contribution is 2.37. The minimum Gasteiger partial charge on any atom is -0.465 e. The van der Waals surface area contributed by atoms with Gasteiger partial charge < -0.3 is 24.4 Å². The number of hydrogen-bond donors (Lipinski definition) is 1. The second-order valence-electron chi connectivity index (χ2n) is 11.1. The molecule has 4 heterocycles. The van der Waals surface area contributed by atoms with E-state index in [1.807, 2.05) is 32.6 Å². The number of halogens is 2. The lowest BCUT2D eigenvalue weighted by Crippen LogP contribution is -2.54. The lowest BCUT2D eigenvalue weighted by atomic mass is 10.0. The van der Waals surface area contributed by atoms with Gasteiger partial charge in [-0.05, 0) is 49.1 Å². The largest absolute Gasteiger partial charge is 0.465 e. The molecule has 232 valence electrons. The topological polar surface area (TPSA) is 123 Å². The molecule has 0 radical (unpaired) electrons. The monoisotopic (exact) mass is 624 g/mol. The smallest absolute Gasteiger partial charge is 0.407 e. The van der Waals surface area contributed by atoms with Crippen molar-refractivity contribution in [3.8, 4) is 16.9 Å². The number of carboxylic acid groups (broad SMARTS) is 1. The second kappa shape index (κ2) is 12.8. The van der Waals surface area contributed by atoms with Crippen LogP contribution >= 0.6 is 11.6 Å². The van der Waals surface area contributed by atoms with Gasteiger partial charge in [0.25, 0.3) is 0 Å². The zero-order valence-corrected chi connectivity index (χ0v) is 25.9. The summed E-state index contributed by atoms with van der Waals surface area (Å²) in [6, 6.07) is 7.91. The van der Waals surface area contributed by atoms with Crippen molar-refractivity contribution in [1.29, 1.82) is 0 Å². The maximum Gasteiger partial charge on any atom is 0.407 e. The van der Waals surface area contributed by atoms with Crippen molar-refractivity contribution < 1.29 is 23.8 Å². The summed E-state index contributed by atoms with van der Waals surface area (Å²) < 4.78 is 28.2. The van der Waals surface area contributed by atoms with E-state index >= 15 is 4.39 Å². The van der Waals surface area contributed by atoms with Crippen LogP contribution in [0.5, 0.6) is 0 Å². The summed E-state index contributed by atoms with van der Waals surface area (Å²) in [5.41, 5.74) is 2.36. The van der Waals surface area contributed by atoms with Crippen molar-refractivity contribution in [3.63, 3.8) is 0 Å². The van der Waals surface area contributed by atoms with Gasteiger partial charge in [0.05, 0.1) is 28.4 Å². The van der Waals surface area contributed by atoms with Crippen molar-refractivity contribution >= 4 is 34.5 Å². The van der Waals surface area contributed by atoms with Crippen molar-refractivity contribution in [2.75, 3.05) is 38.4 Å². The third-order valence-electron chi connectivity index (χ3n) is 7.69. The zero-order valence-electron chi connectivity index (χ0n) is 25.2. The summed E-state index contributed by atoms with van der Waals surface area (Å²) in [4.78, 5) is 42.7. The molecule has 4 aromatic rings. The molecule has 0 aliphatic carbocycles. The van der Waals surface area contributed by atoms with Crippen molar-refractivity contribution in [2.45, 2.75) is 46.3 Å². The molecule has 3 aromatic heterocycles. The molecule has 1 aromatic carbocycles. The molecule has 1 aliphatic heterocycles. The van der Waals surface area contributed by atoms with Gasteiger partial charge in [-0.3, -0.25) is 4.98 Å². The van der Waals surface area contributed by atoms with Gasteiger partial charge in [0.1, 0.15) is 24.1 Å². The fourth-order valence-electron chi connectivity index (χ4n) is 5.62. The summed E-state index contributed by atoms with van der Waals surface area (Å²) >= 11 is 6.65. The van der Waals surface area contributed by atoms with E-state index < -0.39 is 17.6 Å². The van der Waals surface area contributed by atoms with E-state index in [1.165, 1.54) is 22.6 Å². The van der Waals surface area contributed by atoms with Crippen LogP contribution in [0.25, 0.3) is 28.0 Å². The Kier molecular flexibility index (Phi) is 9.14. The van der Waals surface area contributed by atoms with Crippen LogP contribution in [0.2, 0.25) is 5.02 Å². The van der Waals surface area contributed by atoms with E-state index in [4.69, 9.17) is 26.1 Å². The number of fused-ring (bicyclic) bond motifs is 1. The van der Waals surface area contributed by atoms with Crippen LogP contribution in [0.3, 0.4) is 0 Å². The van der Waals surface area contributed by atoms with Crippen LogP contribution in [0, 0.1) is 12.7 Å². The van der Waals surface area contributed by atoms with E-state index in [-0.39, 0.29) is 67.2 Å². The minimum atomic E-state index is -1.03. The molecule has 0 saturated carbocycles. The SMILES string of the molecule is COCOCc1cccc(Cl)c1-c1nc2c(cc1F)c(N1CCN(C(=O)O)C[C@@H]1C)nc(=O)n2-c1c(C)ccnc1C(C)C. The van der Waals surface area contributed by atoms with E-state index in [0.717, 1.165) is 5.56 Å². The highest BCUT2D eigenvalue weighted by atomic mass is 35.5. The predicted octanol–water partition coefficient (Wildman–Crippen LogP) is 5.38. The number of anilines is 1. The first-order valence-electron chi connectivity index (χ1n) is 14.2. The number of benzene rings is 1. The van der Waals surface area contributed by atoms with E-state index in [0.29, 0.717) is 27.9 Å². The third kappa shape index (κ3) is 5.84. The molecule has 5 rings (SSSR count). The maximum atomic E-state index is 16.3. The highest BCUT2D eigenvalue weighted by molar-refractivity contribution is 6.33. The van der Waals surface area contributed by atoms with E-state index in [1.54, 1.807) is 30.5 Å². The number of carbonyl (C=O) groups is 1. The van der Waals surface area contributed by atoms with Crippen LogP contribution in [-0.4, -0.2) is 75.2 Å². The number of ether oxygens (including phenoxy) is 2. The number of piperazine rings is 1. The molecule has 1 saturated heterocycles. The van der Waals surface area contributed by atoms with Crippen LogP contribution in [0.15, 0.2) is 41.3 Å². The van der Waals surface area contributed by atoms with Gasteiger partial charge in [-0.25, -0.2) is 23.5 Å². The molecule has 0 unspecified atom stereocenters. The number of rotatable bonds is 8. The number of amides is 1. The normalized spacial score (nSPS) is 15.4. The Morgan fingerprint density at radius 2 is 2.00 bits per heavy atom. The first-order valence-corrected chi connectivity index (χ1v) is 14.6. The summed E-state index contributed by atoms with van der Waals surface area (Å²) in [6.07, 6.45) is 0.654. The first-order chi connectivity index (χ1) is 21.0. The molecule has 1 N–H and O–H groups in total. The Bertz CT molecular complexity index is 1780. The summed E-state index contributed by atoms with van der Waals surface area (Å²) in [7, 11) is 1.50. The van der Waals surface area contributed by atoms with Crippen LogP contribution in [0.1, 0.15) is 43.5 Å². The molecule has 0 spiro atoms.